The van der Waals surface area contributed by atoms with E-state index >= 15 is 0 Å². The number of halogens is 1. The topological polar surface area (TPSA) is 29.1 Å². The van der Waals surface area contributed by atoms with Crippen molar-refractivity contribution in [3.63, 3.8) is 0 Å². The molecule has 3 heteroatoms. The minimum Gasteiger partial charge on any atom is -0.317 e. The molecule has 0 aromatic heterocycles. The fraction of sp³-hybridized carbons (Fsp3) is 0.562. The Morgan fingerprint density at radius 2 is 1.89 bits per heavy atom. The molecule has 1 saturated heterocycles. The van der Waals surface area contributed by atoms with E-state index < -0.39 is 0 Å². The molecular formula is C16H22FNO. The summed E-state index contributed by atoms with van der Waals surface area (Å²) in [5.74, 6) is 0.0730. The van der Waals surface area contributed by atoms with Crippen molar-refractivity contribution in [1.29, 1.82) is 0 Å². The third-order valence-corrected chi connectivity index (χ3v) is 4.16. The highest BCUT2D eigenvalue weighted by Crippen LogP contribution is 2.36. The number of Topliss-reactive ketones (excluding diaryl/α,β-unsaturated/α-hetero) is 1. The summed E-state index contributed by atoms with van der Waals surface area (Å²) in [7, 11) is 0. The first-order valence-corrected chi connectivity index (χ1v) is 7.15. The van der Waals surface area contributed by atoms with Gasteiger partial charge in [-0.15, -0.1) is 0 Å². The van der Waals surface area contributed by atoms with Crippen LogP contribution < -0.4 is 5.32 Å². The summed E-state index contributed by atoms with van der Waals surface area (Å²) in [4.78, 5) is 12.6. The summed E-state index contributed by atoms with van der Waals surface area (Å²) in [6.07, 6.45) is 4.30. The summed E-state index contributed by atoms with van der Waals surface area (Å²) < 4.78 is 12.9. The first kappa shape index (κ1) is 14.2. The summed E-state index contributed by atoms with van der Waals surface area (Å²) in [5.41, 5.74) is 0.759. The molecule has 0 aliphatic carbocycles. The second-order valence-corrected chi connectivity index (χ2v) is 5.51. The summed E-state index contributed by atoms with van der Waals surface area (Å²) in [6.45, 7) is 3.99. The lowest BCUT2D eigenvalue weighted by molar-refractivity contribution is -0.130. The van der Waals surface area contributed by atoms with Gasteiger partial charge in [-0.3, -0.25) is 4.79 Å². The number of rotatable bonds is 5. The molecule has 0 amide bonds. The van der Waals surface area contributed by atoms with Crippen molar-refractivity contribution in [2.45, 2.75) is 39.0 Å². The van der Waals surface area contributed by atoms with Crippen LogP contribution in [-0.4, -0.2) is 18.9 Å². The lowest BCUT2D eigenvalue weighted by atomic mass is 9.70. The van der Waals surface area contributed by atoms with E-state index in [-0.39, 0.29) is 11.2 Å². The summed E-state index contributed by atoms with van der Waals surface area (Å²) in [5, 5.41) is 3.32. The molecule has 0 unspecified atom stereocenters. The van der Waals surface area contributed by atoms with Crippen LogP contribution in [0.15, 0.2) is 24.3 Å². The Bertz CT molecular complexity index is 415. The molecule has 0 saturated carbocycles. The average Bonchev–Trinajstić information content (AvgIpc) is 2.43. The molecule has 0 spiro atoms. The first-order valence-electron chi connectivity index (χ1n) is 7.15. The number of piperidine rings is 1. The van der Waals surface area contributed by atoms with E-state index in [1.54, 1.807) is 12.1 Å². The second-order valence-electron chi connectivity index (χ2n) is 5.51. The van der Waals surface area contributed by atoms with Crippen molar-refractivity contribution in [1.82, 2.24) is 5.32 Å². The third kappa shape index (κ3) is 3.41. The van der Waals surface area contributed by atoms with Gasteiger partial charge < -0.3 is 5.32 Å². The molecule has 1 aliphatic rings. The van der Waals surface area contributed by atoms with Gasteiger partial charge in [0.15, 0.2) is 0 Å². The predicted octanol–water partition coefficient (Wildman–Crippen LogP) is 3.11. The van der Waals surface area contributed by atoms with Gasteiger partial charge in [0.05, 0.1) is 0 Å². The Morgan fingerprint density at radius 1 is 1.26 bits per heavy atom. The smallest absolute Gasteiger partial charge is 0.143 e. The highest BCUT2D eigenvalue weighted by atomic mass is 19.1. The Hall–Kier alpha value is -1.22. The maximum absolute atomic E-state index is 12.9. The number of carbonyl (C=O) groups is 1. The Morgan fingerprint density at radius 3 is 2.47 bits per heavy atom. The van der Waals surface area contributed by atoms with Crippen LogP contribution in [0, 0.1) is 11.2 Å². The van der Waals surface area contributed by atoms with Gasteiger partial charge in [0, 0.05) is 11.8 Å². The van der Waals surface area contributed by atoms with Crippen molar-refractivity contribution < 1.29 is 9.18 Å². The fourth-order valence-corrected chi connectivity index (χ4v) is 3.03. The molecule has 2 rings (SSSR count). The minimum atomic E-state index is -0.249. The Balaban J connectivity index is 2.09. The van der Waals surface area contributed by atoms with Crippen LogP contribution in [0.2, 0.25) is 0 Å². The predicted molar refractivity (Wildman–Crippen MR) is 74.6 cm³/mol. The zero-order valence-corrected chi connectivity index (χ0v) is 11.5. The van der Waals surface area contributed by atoms with E-state index in [4.69, 9.17) is 0 Å². The molecule has 0 radical (unpaired) electrons. The fourth-order valence-electron chi connectivity index (χ4n) is 3.03. The van der Waals surface area contributed by atoms with E-state index in [0.29, 0.717) is 12.2 Å². The Kier molecular flexibility index (Phi) is 4.70. The van der Waals surface area contributed by atoms with Crippen LogP contribution in [0.5, 0.6) is 0 Å². The number of carbonyl (C=O) groups excluding carboxylic acids is 1. The molecule has 1 heterocycles. The molecule has 104 valence electrons. The standard InChI is InChI=1S/C16H22FNO/c1-2-7-16(8-10-18-11-9-16)15(19)12-13-3-5-14(17)6-4-13/h3-6,18H,2,7-12H2,1H3. The van der Waals surface area contributed by atoms with Crippen molar-refractivity contribution in [2.75, 3.05) is 13.1 Å². The average molecular weight is 263 g/mol. The molecule has 1 fully saturated rings. The lowest BCUT2D eigenvalue weighted by Crippen LogP contribution is -2.42. The lowest BCUT2D eigenvalue weighted by Gasteiger charge is -2.36. The van der Waals surface area contributed by atoms with E-state index in [9.17, 15) is 9.18 Å². The number of hydrogen-bond donors (Lipinski definition) is 1. The largest absolute Gasteiger partial charge is 0.317 e. The van der Waals surface area contributed by atoms with Gasteiger partial charge in [-0.05, 0) is 50.0 Å². The molecule has 1 aromatic rings. The van der Waals surface area contributed by atoms with Crippen molar-refractivity contribution in [2.24, 2.45) is 5.41 Å². The highest BCUT2D eigenvalue weighted by molar-refractivity contribution is 5.87. The van der Waals surface area contributed by atoms with Gasteiger partial charge in [0.1, 0.15) is 11.6 Å². The molecule has 0 atom stereocenters. The van der Waals surface area contributed by atoms with Gasteiger partial charge >= 0.3 is 0 Å². The second kappa shape index (κ2) is 6.29. The normalized spacial score (nSPS) is 18.2. The highest BCUT2D eigenvalue weighted by Gasteiger charge is 2.37. The maximum atomic E-state index is 12.9. The molecule has 1 N–H and O–H groups in total. The molecule has 2 nitrogen and oxygen atoms in total. The molecule has 1 aliphatic heterocycles. The zero-order valence-electron chi connectivity index (χ0n) is 11.5. The molecular weight excluding hydrogens is 241 g/mol. The van der Waals surface area contributed by atoms with Crippen molar-refractivity contribution in [3.8, 4) is 0 Å². The van der Waals surface area contributed by atoms with Gasteiger partial charge in [-0.25, -0.2) is 4.39 Å². The monoisotopic (exact) mass is 263 g/mol. The van der Waals surface area contributed by atoms with Crippen LogP contribution in [-0.2, 0) is 11.2 Å². The molecule has 0 bridgehead atoms. The van der Waals surface area contributed by atoms with Crippen molar-refractivity contribution >= 4 is 5.78 Å². The van der Waals surface area contributed by atoms with Gasteiger partial charge in [0.25, 0.3) is 0 Å². The summed E-state index contributed by atoms with van der Waals surface area (Å²) >= 11 is 0. The Labute approximate surface area is 114 Å². The van der Waals surface area contributed by atoms with E-state index in [1.807, 2.05) is 0 Å². The van der Waals surface area contributed by atoms with Gasteiger partial charge in [-0.2, -0.15) is 0 Å². The van der Waals surface area contributed by atoms with Gasteiger partial charge in [-0.1, -0.05) is 25.5 Å². The number of benzene rings is 1. The molecule has 1 aromatic carbocycles. The zero-order chi connectivity index (χ0) is 13.7. The number of hydrogen-bond acceptors (Lipinski definition) is 2. The van der Waals surface area contributed by atoms with Crippen LogP contribution in [0.4, 0.5) is 4.39 Å². The third-order valence-electron chi connectivity index (χ3n) is 4.16. The number of ketones is 1. The summed E-state index contributed by atoms with van der Waals surface area (Å²) in [6, 6.07) is 6.29. The van der Waals surface area contributed by atoms with E-state index in [1.165, 1.54) is 12.1 Å². The van der Waals surface area contributed by atoms with E-state index in [0.717, 1.165) is 44.3 Å². The first-order chi connectivity index (χ1) is 9.16. The number of nitrogens with one attached hydrogen (secondary N) is 1. The van der Waals surface area contributed by atoms with E-state index in [2.05, 4.69) is 12.2 Å². The van der Waals surface area contributed by atoms with Crippen LogP contribution in [0.3, 0.4) is 0 Å². The van der Waals surface area contributed by atoms with Crippen LogP contribution >= 0.6 is 0 Å². The van der Waals surface area contributed by atoms with Crippen LogP contribution in [0.25, 0.3) is 0 Å². The van der Waals surface area contributed by atoms with Crippen LogP contribution in [0.1, 0.15) is 38.2 Å². The maximum Gasteiger partial charge on any atom is 0.143 e. The van der Waals surface area contributed by atoms with Gasteiger partial charge in [0.2, 0.25) is 0 Å². The minimum absolute atomic E-state index is 0.158. The quantitative estimate of drug-likeness (QED) is 0.884. The molecule has 19 heavy (non-hydrogen) atoms. The SMILES string of the molecule is CCCC1(C(=O)Cc2ccc(F)cc2)CCNCC1. The van der Waals surface area contributed by atoms with Crippen molar-refractivity contribution in [3.05, 3.63) is 35.6 Å².